The van der Waals surface area contributed by atoms with Crippen LogP contribution in [0.2, 0.25) is 0 Å². The minimum atomic E-state index is -0.439. The number of amides is 1. The Kier molecular flexibility index (Phi) is 2.81. The average molecular weight is 272 g/mol. The topological polar surface area (TPSA) is 58.6 Å². The van der Waals surface area contributed by atoms with Crippen molar-refractivity contribution in [1.82, 2.24) is 5.32 Å². The molecule has 2 rings (SSSR count). The summed E-state index contributed by atoms with van der Waals surface area (Å²) >= 11 is 3.23. The second-order valence-corrected chi connectivity index (χ2v) is 4.15. The van der Waals surface area contributed by atoms with E-state index in [1.807, 2.05) is 6.07 Å². The smallest absolute Gasteiger partial charge is 0.407 e. The van der Waals surface area contributed by atoms with Crippen LogP contribution >= 0.6 is 15.9 Å². The second-order valence-electron chi connectivity index (χ2n) is 3.30. The number of cyclic esters (lactones) is 1. The Bertz CT molecular complexity index is 394. The van der Waals surface area contributed by atoms with Crippen LogP contribution in [0, 0.1) is 0 Å². The maximum atomic E-state index is 11.0. The lowest BCUT2D eigenvalue weighted by Crippen LogP contribution is -2.35. The number of halogens is 1. The maximum Gasteiger partial charge on any atom is 0.407 e. The van der Waals surface area contributed by atoms with Crippen LogP contribution in [-0.4, -0.2) is 17.8 Å². The third-order valence-corrected chi connectivity index (χ3v) is 2.97. The van der Waals surface area contributed by atoms with E-state index in [4.69, 9.17) is 4.74 Å². The Labute approximate surface area is 95.4 Å². The molecule has 2 N–H and O–H groups in total. The number of carbonyl (C=O) groups is 1. The third-order valence-electron chi connectivity index (χ3n) is 2.33. The average Bonchev–Trinajstić information content (AvgIpc) is 2.22. The van der Waals surface area contributed by atoms with E-state index in [0.29, 0.717) is 23.1 Å². The molecule has 5 heteroatoms. The van der Waals surface area contributed by atoms with Crippen LogP contribution in [0.5, 0.6) is 5.75 Å². The lowest BCUT2D eigenvalue weighted by atomic mass is 10.0. The highest BCUT2D eigenvalue weighted by Gasteiger charge is 2.23. The molecule has 15 heavy (non-hydrogen) atoms. The van der Waals surface area contributed by atoms with E-state index in [2.05, 4.69) is 21.2 Å². The van der Waals surface area contributed by atoms with Crippen LogP contribution < -0.4 is 5.32 Å². The molecule has 1 aromatic carbocycles. The minimum absolute atomic E-state index is 0.171. The molecule has 0 bridgehead atoms. The van der Waals surface area contributed by atoms with Gasteiger partial charge in [-0.2, -0.15) is 0 Å². The number of benzene rings is 1. The van der Waals surface area contributed by atoms with Gasteiger partial charge in [0.1, 0.15) is 5.75 Å². The molecule has 1 fully saturated rings. The van der Waals surface area contributed by atoms with Gasteiger partial charge in [0.05, 0.1) is 17.1 Å². The Morgan fingerprint density at radius 2 is 2.33 bits per heavy atom. The number of para-hydroxylation sites is 1. The van der Waals surface area contributed by atoms with Gasteiger partial charge >= 0.3 is 6.09 Å². The number of aromatic hydroxyl groups is 1. The lowest BCUT2D eigenvalue weighted by Gasteiger charge is -2.24. The predicted molar refractivity (Wildman–Crippen MR) is 57.6 cm³/mol. The van der Waals surface area contributed by atoms with Crippen molar-refractivity contribution in [3.63, 3.8) is 0 Å². The first kappa shape index (κ1) is 10.3. The number of ether oxygens (including phenoxy) is 1. The number of nitrogens with one attached hydrogen (secondary N) is 1. The monoisotopic (exact) mass is 271 g/mol. The molecule has 1 aliphatic rings. The summed E-state index contributed by atoms with van der Waals surface area (Å²) in [6, 6.07) is 5.18. The van der Waals surface area contributed by atoms with Gasteiger partial charge in [-0.3, -0.25) is 0 Å². The number of carbonyl (C=O) groups excluding carboxylic acids is 1. The highest BCUT2D eigenvalue weighted by Crippen LogP contribution is 2.33. The zero-order valence-corrected chi connectivity index (χ0v) is 9.45. The SMILES string of the molecule is O=C1N[C@@H](c2cccc(Br)c2O)CCO1. The van der Waals surface area contributed by atoms with Crippen LogP contribution in [0.3, 0.4) is 0 Å². The molecule has 0 spiro atoms. The fourth-order valence-corrected chi connectivity index (χ4v) is 1.95. The fourth-order valence-electron chi connectivity index (χ4n) is 1.57. The summed E-state index contributed by atoms with van der Waals surface area (Å²) in [5.74, 6) is 0.171. The maximum absolute atomic E-state index is 11.0. The molecule has 0 unspecified atom stereocenters. The van der Waals surface area contributed by atoms with E-state index in [1.54, 1.807) is 12.1 Å². The second kappa shape index (κ2) is 4.10. The summed E-state index contributed by atoms with van der Waals surface area (Å²) < 4.78 is 5.38. The van der Waals surface area contributed by atoms with Gasteiger partial charge in [0.25, 0.3) is 0 Å². The van der Waals surface area contributed by atoms with Gasteiger partial charge in [0.15, 0.2) is 0 Å². The first-order valence-electron chi connectivity index (χ1n) is 4.59. The summed E-state index contributed by atoms with van der Waals surface area (Å²) in [7, 11) is 0. The minimum Gasteiger partial charge on any atom is -0.506 e. The molecule has 1 aliphatic heterocycles. The van der Waals surface area contributed by atoms with Gasteiger partial charge in [0, 0.05) is 12.0 Å². The zero-order chi connectivity index (χ0) is 10.8. The molecule has 0 aromatic heterocycles. The van der Waals surface area contributed by atoms with E-state index < -0.39 is 6.09 Å². The van der Waals surface area contributed by atoms with Crippen molar-refractivity contribution in [3.05, 3.63) is 28.2 Å². The Hall–Kier alpha value is -1.23. The van der Waals surface area contributed by atoms with Crippen molar-refractivity contribution >= 4 is 22.0 Å². The number of alkyl carbamates (subject to hydrolysis) is 1. The first-order chi connectivity index (χ1) is 7.18. The summed E-state index contributed by atoms with van der Waals surface area (Å²) in [4.78, 5) is 11.0. The molecule has 1 aromatic rings. The number of phenols is 1. The highest BCUT2D eigenvalue weighted by atomic mass is 79.9. The van der Waals surface area contributed by atoms with Gasteiger partial charge in [-0.25, -0.2) is 4.79 Å². The molecule has 80 valence electrons. The third kappa shape index (κ3) is 2.07. The molecular weight excluding hydrogens is 262 g/mol. The van der Waals surface area contributed by atoms with Gasteiger partial charge in [-0.15, -0.1) is 0 Å². The fraction of sp³-hybridized carbons (Fsp3) is 0.300. The van der Waals surface area contributed by atoms with E-state index in [9.17, 15) is 9.90 Å². The van der Waals surface area contributed by atoms with Gasteiger partial charge in [-0.1, -0.05) is 12.1 Å². The van der Waals surface area contributed by atoms with E-state index in [-0.39, 0.29) is 11.8 Å². The Balaban J connectivity index is 2.28. The summed E-state index contributed by atoms with van der Waals surface area (Å²) in [5, 5.41) is 12.5. The molecule has 1 amide bonds. The van der Waals surface area contributed by atoms with Crippen LogP contribution in [0.25, 0.3) is 0 Å². The van der Waals surface area contributed by atoms with Crippen molar-refractivity contribution in [3.8, 4) is 5.75 Å². The normalized spacial score (nSPS) is 20.6. The molecule has 4 nitrogen and oxygen atoms in total. The molecule has 1 saturated heterocycles. The van der Waals surface area contributed by atoms with Crippen molar-refractivity contribution in [2.24, 2.45) is 0 Å². The summed E-state index contributed by atoms with van der Waals surface area (Å²) in [6.07, 6.45) is 0.223. The number of hydrogen-bond donors (Lipinski definition) is 2. The summed E-state index contributed by atoms with van der Waals surface area (Å²) in [6.45, 7) is 0.377. The first-order valence-corrected chi connectivity index (χ1v) is 5.38. The Morgan fingerprint density at radius 1 is 1.53 bits per heavy atom. The number of hydrogen-bond acceptors (Lipinski definition) is 3. The van der Waals surface area contributed by atoms with E-state index in [0.717, 1.165) is 0 Å². The molecule has 0 radical (unpaired) electrons. The molecule has 1 heterocycles. The van der Waals surface area contributed by atoms with Gasteiger partial charge in [0.2, 0.25) is 0 Å². The molecular formula is C10H10BrNO3. The van der Waals surface area contributed by atoms with Crippen LogP contribution in [0.15, 0.2) is 22.7 Å². The van der Waals surface area contributed by atoms with E-state index in [1.165, 1.54) is 0 Å². The van der Waals surface area contributed by atoms with Crippen molar-refractivity contribution in [1.29, 1.82) is 0 Å². The van der Waals surface area contributed by atoms with Gasteiger partial charge < -0.3 is 15.2 Å². The molecule has 0 aliphatic carbocycles. The van der Waals surface area contributed by atoms with Crippen LogP contribution in [-0.2, 0) is 4.74 Å². The zero-order valence-electron chi connectivity index (χ0n) is 7.87. The standard InChI is InChI=1S/C10H10BrNO3/c11-7-3-1-2-6(9(7)13)8-4-5-15-10(14)12-8/h1-3,8,13H,4-5H2,(H,12,14)/t8-/m1/s1. The molecule has 0 saturated carbocycles. The van der Waals surface area contributed by atoms with Crippen molar-refractivity contribution < 1.29 is 14.6 Å². The van der Waals surface area contributed by atoms with Crippen LogP contribution in [0.4, 0.5) is 4.79 Å². The van der Waals surface area contributed by atoms with E-state index >= 15 is 0 Å². The number of phenolic OH excluding ortho intramolecular Hbond substituents is 1. The quantitative estimate of drug-likeness (QED) is 0.824. The molecule has 1 atom stereocenters. The highest BCUT2D eigenvalue weighted by molar-refractivity contribution is 9.10. The van der Waals surface area contributed by atoms with Crippen molar-refractivity contribution in [2.45, 2.75) is 12.5 Å². The largest absolute Gasteiger partial charge is 0.506 e. The summed E-state index contributed by atoms with van der Waals surface area (Å²) in [5.41, 5.74) is 0.709. The van der Waals surface area contributed by atoms with Crippen LogP contribution in [0.1, 0.15) is 18.0 Å². The predicted octanol–water partition coefficient (Wildman–Crippen LogP) is 2.33. The van der Waals surface area contributed by atoms with Gasteiger partial charge in [-0.05, 0) is 22.0 Å². The Morgan fingerprint density at radius 3 is 3.07 bits per heavy atom. The van der Waals surface area contributed by atoms with Crippen molar-refractivity contribution in [2.75, 3.05) is 6.61 Å². The lowest BCUT2D eigenvalue weighted by molar-refractivity contribution is 0.115. The number of rotatable bonds is 1.